The van der Waals surface area contributed by atoms with Crippen molar-refractivity contribution in [3.8, 4) is 0 Å². The van der Waals surface area contributed by atoms with Gasteiger partial charge in [0.2, 0.25) is 0 Å². The van der Waals surface area contributed by atoms with Crippen LogP contribution >= 0.6 is 15.9 Å². The summed E-state index contributed by atoms with van der Waals surface area (Å²) in [4.78, 5) is 8.57. The molecule has 0 aromatic carbocycles. The maximum Gasteiger partial charge on any atom is 0.126 e. The molecule has 4 nitrogen and oxygen atoms in total. The number of hydrogen-bond donors (Lipinski definition) is 1. The SMILES string of the molecule is Cc1cc(NCCc2nccn2C)ncc1Br. The highest BCUT2D eigenvalue weighted by Crippen LogP contribution is 2.17. The molecule has 0 bridgehead atoms. The third-order valence-electron chi connectivity index (χ3n) is 2.62. The number of rotatable bonds is 4. The minimum Gasteiger partial charge on any atom is -0.370 e. The molecule has 0 atom stereocenters. The predicted molar refractivity (Wildman–Crippen MR) is 72.1 cm³/mol. The highest BCUT2D eigenvalue weighted by Gasteiger charge is 2.01. The molecule has 0 amide bonds. The third-order valence-corrected chi connectivity index (χ3v) is 3.45. The standard InChI is InChI=1S/C12H15BrN4/c1-9-7-11(16-8-10(9)13)14-4-3-12-15-5-6-17(12)2/h5-8H,3-4H2,1-2H3,(H,14,16). The first-order valence-corrected chi connectivity index (χ1v) is 6.28. The molecule has 2 heterocycles. The number of imidazole rings is 1. The maximum atomic E-state index is 4.30. The second-order valence-corrected chi connectivity index (χ2v) is 4.80. The van der Waals surface area contributed by atoms with Crippen LogP contribution in [0.3, 0.4) is 0 Å². The fourth-order valence-electron chi connectivity index (χ4n) is 1.58. The molecule has 17 heavy (non-hydrogen) atoms. The van der Waals surface area contributed by atoms with E-state index in [1.54, 1.807) is 0 Å². The first-order valence-electron chi connectivity index (χ1n) is 5.49. The van der Waals surface area contributed by atoms with Crippen LogP contribution in [-0.4, -0.2) is 21.1 Å². The minimum atomic E-state index is 0.832. The summed E-state index contributed by atoms with van der Waals surface area (Å²) in [6, 6.07) is 2.03. The highest BCUT2D eigenvalue weighted by molar-refractivity contribution is 9.10. The Labute approximate surface area is 109 Å². The van der Waals surface area contributed by atoms with E-state index >= 15 is 0 Å². The summed E-state index contributed by atoms with van der Waals surface area (Å²) >= 11 is 3.43. The summed E-state index contributed by atoms with van der Waals surface area (Å²) in [5, 5.41) is 3.29. The van der Waals surface area contributed by atoms with Gasteiger partial charge in [-0.25, -0.2) is 9.97 Å². The number of halogens is 1. The van der Waals surface area contributed by atoms with Crippen LogP contribution in [-0.2, 0) is 13.5 Å². The monoisotopic (exact) mass is 294 g/mol. The van der Waals surface area contributed by atoms with Crippen LogP contribution in [0.25, 0.3) is 0 Å². The fourth-order valence-corrected chi connectivity index (χ4v) is 1.79. The zero-order valence-electron chi connectivity index (χ0n) is 9.94. The van der Waals surface area contributed by atoms with Gasteiger partial charge < -0.3 is 9.88 Å². The van der Waals surface area contributed by atoms with Crippen LogP contribution < -0.4 is 5.32 Å². The predicted octanol–water partition coefficient (Wildman–Crippen LogP) is 2.54. The lowest BCUT2D eigenvalue weighted by molar-refractivity contribution is 0.788. The van der Waals surface area contributed by atoms with Gasteiger partial charge >= 0.3 is 0 Å². The molecule has 0 saturated heterocycles. The van der Waals surface area contributed by atoms with Gasteiger partial charge in [-0.2, -0.15) is 0 Å². The Balaban J connectivity index is 1.90. The normalized spacial score (nSPS) is 10.5. The third kappa shape index (κ3) is 3.06. The summed E-state index contributed by atoms with van der Waals surface area (Å²) in [6.07, 6.45) is 6.48. The van der Waals surface area contributed by atoms with Crippen molar-refractivity contribution in [1.82, 2.24) is 14.5 Å². The van der Waals surface area contributed by atoms with Crippen molar-refractivity contribution < 1.29 is 0 Å². The van der Waals surface area contributed by atoms with E-state index in [2.05, 4.69) is 38.1 Å². The average molecular weight is 295 g/mol. The van der Waals surface area contributed by atoms with Crippen LogP contribution in [0.2, 0.25) is 0 Å². The van der Waals surface area contributed by atoms with Crippen LogP contribution in [0.4, 0.5) is 5.82 Å². The molecule has 0 spiro atoms. The summed E-state index contributed by atoms with van der Waals surface area (Å²) in [7, 11) is 2.00. The van der Waals surface area contributed by atoms with Crippen molar-refractivity contribution >= 4 is 21.7 Å². The Morgan fingerprint density at radius 1 is 1.41 bits per heavy atom. The lowest BCUT2D eigenvalue weighted by Crippen LogP contribution is -2.09. The van der Waals surface area contributed by atoms with E-state index in [-0.39, 0.29) is 0 Å². The lowest BCUT2D eigenvalue weighted by atomic mass is 10.3. The van der Waals surface area contributed by atoms with Gasteiger partial charge in [-0.3, -0.25) is 0 Å². The highest BCUT2D eigenvalue weighted by atomic mass is 79.9. The Morgan fingerprint density at radius 2 is 2.24 bits per heavy atom. The molecule has 0 aliphatic rings. The Hall–Kier alpha value is -1.36. The van der Waals surface area contributed by atoms with E-state index in [9.17, 15) is 0 Å². The second kappa shape index (κ2) is 5.31. The number of aryl methyl sites for hydroxylation is 2. The first kappa shape index (κ1) is 12.1. The Bertz CT molecular complexity index is 507. The summed E-state index contributed by atoms with van der Waals surface area (Å²) in [6.45, 7) is 2.88. The lowest BCUT2D eigenvalue weighted by Gasteiger charge is -2.07. The number of aromatic nitrogens is 3. The summed E-state index contributed by atoms with van der Waals surface area (Å²) in [5.74, 6) is 1.98. The molecule has 5 heteroatoms. The van der Waals surface area contributed by atoms with Gasteiger partial charge in [0.1, 0.15) is 11.6 Å². The number of pyridine rings is 1. The van der Waals surface area contributed by atoms with Crippen molar-refractivity contribution in [1.29, 1.82) is 0 Å². The summed E-state index contributed by atoms with van der Waals surface area (Å²) < 4.78 is 3.06. The van der Waals surface area contributed by atoms with Crippen LogP contribution in [0.15, 0.2) is 29.1 Å². The van der Waals surface area contributed by atoms with Gasteiger partial charge in [0.05, 0.1) is 0 Å². The van der Waals surface area contributed by atoms with Gasteiger partial charge in [-0.1, -0.05) is 0 Å². The Morgan fingerprint density at radius 3 is 2.88 bits per heavy atom. The molecular formula is C12H15BrN4. The smallest absolute Gasteiger partial charge is 0.126 e. The van der Waals surface area contributed by atoms with E-state index in [1.165, 1.54) is 5.56 Å². The minimum absolute atomic E-state index is 0.832. The van der Waals surface area contributed by atoms with Crippen molar-refractivity contribution in [2.24, 2.45) is 7.05 Å². The number of anilines is 1. The molecule has 0 aliphatic carbocycles. The maximum absolute atomic E-state index is 4.30. The van der Waals surface area contributed by atoms with Crippen molar-refractivity contribution in [3.63, 3.8) is 0 Å². The van der Waals surface area contributed by atoms with Crippen molar-refractivity contribution in [3.05, 3.63) is 40.5 Å². The molecule has 90 valence electrons. The van der Waals surface area contributed by atoms with Gasteiger partial charge in [-0.05, 0) is 34.5 Å². The van der Waals surface area contributed by atoms with Gasteiger partial charge in [0.15, 0.2) is 0 Å². The molecular weight excluding hydrogens is 280 g/mol. The molecule has 0 aliphatic heterocycles. The van der Waals surface area contributed by atoms with E-state index in [4.69, 9.17) is 0 Å². The number of nitrogens with one attached hydrogen (secondary N) is 1. The van der Waals surface area contributed by atoms with Crippen molar-refractivity contribution in [2.45, 2.75) is 13.3 Å². The number of nitrogens with zero attached hydrogens (tertiary/aromatic N) is 3. The molecule has 0 fully saturated rings. The van der Waals surface area contributed by atoms with E-state index < -0.39 is 0 Å². The van der Waals surface area contributed by atoms with E-state index in [0.717, 1.165) is 29.1 Å². The zero-order chi connectivity index (χ0) is 12.3. The first-order chi connectivity index (χ1) is 8.16. The van der Waals surface area contributed by atoms with Gasteiger partial charge in [0, 0.05) is 43.1 Å². The Kier molecular flexibility index (Phi) is 3.78. The molecule has 0 radical (unpaired) electrons. The fraction of sp³-hybridized carbons (Fsp3) is 0.333. The van der Waals surface area contributed by atoms with Crippen LogP contribution in [0.5, 0.6) is 0 Å². The topological polar surface area (TPSA) is 42.7 Å². The quantitative estimate of drug-likeness (QED) is 0.942. The second-order valence-electron chi connectivity index (χ2n) is 3.95. The van der Waals surface area contributed by atoms with E-state index in [0.29, 0.717) is 0 Å². The largest absolute Gasteiger partial charge is 0.370 e. The van der Waals surface area contributed by atoms with E-state index in [1.807, 2.05) is 36.3 Å². The molecule has 1 N–H and O–H groups in total. The molecule has 2 aromatic heterocycles. The number of hydrogen-bond acceptors (Lipinski definition) is 3. The molecule has 0 unspecified atom stereocenters. The summed E-state index contributed by atoms with van der Waals surface area (Å²) in [5.41, 5.74) is 1.18. The molecule has 2 rings (SSSR count). The van der Waals surface area contributed by atoms with Gasteiger partial charge in [0.25, 0.3) is 0 Å². The van der Waals surface area contributed by atoms with Gasteiger partial charge in [-0.15, -0.1) is 0 Å². The average Bonchev–Trinajstić information content (AvgIpc) is 2.70. The molecule has 2 aromatic rings. The molecule has 0 saturated carbocycles. The zero-order valence-corrected chi connectivity index (χ0v) is 11.5. The van der Waals surface area contributed by atoms with Crippen LogP contribution in [0.1, 0.15) is 11.4 Å². The van der Waals surface area contributed by atoms with Crippen molar-refractivity contribution in [2.75, 3.05) is 11.9 Å². The van der Waals surface area contributed by atoms with Crippen LogP contribution in [0, 0.1) is 6.92 Å².